The summed E-state index contributed by atoms with van der Waals surface area (Å²) in [6.07, 6.45) is 1.76. The maximum atomic E-state index is 12.3. The molecule has 1 aliphatic heterocycles. The quantitative estimate of drug-likeness (QED) is 0.834. The highest BCUT2D eigenvalue weighted by molar-refractivity contribution is 5.78. The van der Waals surface area contributed by atoms with Crippen molar-refractivity contribution in [1.82, 2.24) is 10.6 Å². The Morgan fingerprint density at radius 1 is 1.22 bits per heavy atom. The summed E-state index contributed by atoms with van der Waals surface area (Å²) in [4.78, 5) is 12.3. The van der Waals surface area contributed by atoms with Gasteiger partial charge < -0.3 is 24.8 Å². The number of nitrogens with one attached hydrogen (secondary N) is 2. The number of carbonyl (C=O) groups excluding carboxylic acids is 1. The Hall–Kier alpha value is -1.95. The average molecular weight is 322 g/mol. The number of amides is 1. The Balaban J connectivity index is 2.03. The second kappa shape index (κ2) is 8.06. The summed E-state index contributed by atoms with van der Waals surface area (Å²) < 4.78 is 16.0. The highest BCUT2D eigenvalue weighted by Crippen LogP contribution is 2.38. The van der Waals surface area contributed by atoms with E-state index in [0.717, 1.165) is 24.9 Å². The maximum Gasteiger partial charge on any atom is 0.223 e. The molecule has 1 heterocycles. The molecule has 1 aliphatic rings. The third kappa shape index (κ3) is 4.28. The number of piperidine rings is 1. The van der Waals surface area contributed by atoms with Gasteiger partial charge in [0.2, 0.25) is 11.7 Å². The van der Waals surface area contributed by atoms with Crippen LogP contribution in [0.4, 0.5) is 0 Å². The van der Waals surface area contributed by atoms with Gasteiger partial charge in [0.1, 0.15) is 0 Å². The van der Waals surface area contributed by atoms with Crippen molar-refractivity contribution in [3.8, 4) is 17.2 Å². The maximum absolute atomic E-state index is 12.3. The zero-order chi connectivity index (χ0) is 16.8. The van der Waals surface area contributed by atoms with Crippen molar-refractivity contribution < 1.29 is 19.0 Å². The monoisotopic (exact) mass is 322 g/mol. The van der Waals surface area contributed by atoms with E-state index in [9.17, 15) is 4.79 Å². The SMILES string of the molecule is COc1cc(CNC(=O)[C@H]2CCN[C@@H](C)C2)cc(OC)c1OC. The summed E-state index contributed by atoms with van der Waals surface area (Å²) in [5.74, 6) is 1.91. The van der Waals surface area contributed by atoms with Gasteiger partial charge in [0.25, 0.3) is 0 Å². The molecule has 0 spiro atoms. The second-order valence-corrected chi connectivity index (χ2v) is 5.83. The smallest absolute Gasteiger partial charge is 0.223 e. The summed E-state index contributed by atoms with van der Waals surface area (Å²) >= 11 is 0. The fourth-order valence-electron chi connectivity index (χ4n) is 2.94. The van der Waals surface area contributed by atoms with Crippen LogP contribution < -0.4 is 24.8 Å². The lowest BCUT2D eigenvalue weighted by atomic mass is 9.92. The molecule has 0 unspecified atom stereocenters. The van der Waals surface area contributed by atoms with Crippen molar-refractivity contribution in [1.29, 1.82) is 0 Å². The topological polar surface area (TPSA) is 68.8 Å². The van der Waals surface area contributed by atoms with Crippen LogP contribution in [-0.2, 0) is 11.3 Å². The van der Waals surface area contributed by atoms with E-state index in [0.29, 0.717) is 29.8 Å². The van der Waals surface area contributed by atoms with Gasteiger partial charge in [-0.2, -0.15) is 0 Å². The summed E-state index contributed by atoms with van der Waals surface area (Å²) in [7, 11) is 4.73. The summed E-state index contributed by atoms with van der Waals surface area (Å²) in [6, 6.07) is 4.10. The Labute approximate surface area is 137 Å². The van der Waals surface area contributed by atoms with Gasteiger partial charge in [-0.05, 0) is 44.0 Å². The lowest BCUT2D eigenvalue weighted by molar-refractivity contribution is -0.126. The Kier molecular flexibility index (Phi) is 6.10. The molecule has 1 aromatic carbocycles. The Bertz CT molecular complexity index is 522. The van der Waals surface area contributed by atoms with E-state index >= 15 is 0 Å². The highest BCUT2D eigenvalue weighted by Gasteiger charge is 2.24. The molecule has 1 fully saturated rings. The first-order chi connectivity index (χ1) is 11.1. The minimum atomic E-state index is 0.0771. The molecule has 0 radical (unpaired) electrons. The first-order valence-electron chi connectivity index (χ1n) is 7.89. The first kappa shape index (κ1) is 17.4. The van der Waals surface area contributed by atoms with Gasteiger partial charge in [-0.3, -0.25) is 4.79 Å². The van der Waals surface area contributed by atoms with E-state index in [1.165, 1.54) is 0 Å². The largest absolute Gasteiger partial charge is 0.493 e. The molecule has 0 aliphatic carbocycles. The Morgan fingerprint density at radius 3 is 2.39 bits per heavy atom. The number of benzene rings is 1. The summed E-state index contributed by atoms with van der Waals surface area (Å²) in [6.45, 7) is 3.44. The van der Waals surface area contributed by atoms with Crippen LogP contribution in [0.1, 0.15) is 25.3 Å². The van der Waals surface area contributed by atoms with Crippen LogP contribution in [0, 0.1) is 5.92 Å². The molecule has 6 heteroatoms. The molecule has 2 rings (SSSR count). The van der Waals surface area contributed by atoms with Gasteiger partial charge in [-0.1, -0.05) is 0 Å². The predicted molar refractivity (Wildman–Crippen MR) is 88.1 cm³/mol. The van der Waals surface area contributed by atoms with Gasteiger partial charge in [-0.25, -0.2) is 0 Å². The molecule has 1 amide bonds. The van der Waals surface area contributed by atoms with E-state index in [1.54, 1.807) is 21.3 Å². The lowest BCUT2D eigenvalue weighted by Gasteiger charge is -2.27. The van der Waals surface area contributed by atoms with Crippen LogP contribution in [0.2, 0.25) is 0 Å². The molecule has 1 aromatic rings. The van der Waals surface area contributed by atoms with Gasteiger partial charge in [0.15, 0.2) is 11.5 Å². The molecular formula is C17H26N2O4. The van der Waals surface area contributed by atoms with Crippen LogP contribution in [0.25, 0.3) is 0 Å². The van der Waals surface area contributed by atoms with Gasteiger partial charge in [-0.15, -0.1) is 0 Å². The molecular weight excluding hydrogens is 296 g/mol. The van der Waals surface area contributed by atoms with Crippen molar-refractivity contribution in [2.75, 3.05) is 27.9 Å². The van der Waals surface area contributed by atoms with Gasteiger partial charge >= 0.3 is 0 Å². The van der Waals surface area contributed by atoms with Crippen LogP contribution in [0.5, 0.6) is 17.2 Å². The fourth-order valence-corrected chi connectivity index (χ4v) is 2.94. The molecule has 0 aromatic heterocycles. The van der Waals surface area contributed by atoms with Gasteiger partial charge in [0.05, 0.1) is 21.3 Å². The van der Waals surface area contributed by atoms with Crippen molar-refractivity contribution in [3.63, 3.8) is 0 Å². The molecule has 128 valence electrons. The fraction of sp³-hybridized carbons (Fsp3) is 0.588. The van der Waals surface area contributed by atoms with Crippen molar-refractivity contribution in [2.24, 2.45) is 5.92 Å². The van der Waals surface area contributed by atoms with E-state index in [1.807, 2.05) is 12.1 Å². The zero-order valence-corrected chi connectivity index (χ0v) is 14.3. The first-order valence-corrected chi connectivity index (χ1v) is 7.89. The van der Waals surface area contributed by atoms with Crippen LogP contribution in [-0.4, -0.2) is 39.8 Å². The molecule has 6 nitrogen and oxygen atoms in total. The van der Waals surface area contributed by atoms with E-state index in [-0.39, 0.29) is 11.8 Å². The van der Waals surface area contributed by atoms with Crippen LogP contribution in [0.15, 0.2) is 12.1 Å². The molecule has 2 N–H and O–H groups in total. The third-order valence-electron chi connectivity index (χ3n) is 4.19. The van der Waals surface area contributed by atoms with Crippen LogP contribution in [0.3, 0.4) is 0 Å². The third-order valence-corrected chi connectivity index (χ3v) is 4.19. The lowest BCUT2D eigenvalue weighted by Crippen LogP contribution is -2.42. The molecule has 2 atom stereocenters. The summed E-state index contributed by atoms with van der Waals surface area (Å²) in [5, 5.41) is 6.37. The van der Waals surface area contributed by atoms with Gasteiger partial charge in [0, 0.05) is 18.5 Å². The van der Waals surface area contributed by atoms with E-state index < -0.39 is 0 Å². The molecule has 1 saturated heterocycles. The second-order valence-electron chi connectivity index (χ2n) is 5.83. The molecule has 23 heavy (non-hydrogen) atoms. The summed E-state index contributed by atoms with van der Waals surface area (Å²) in [5.41, 5.74) is 0.912. The van der Waals surface area contributed by atoms with Crippen molar-refractivity contribution in [2.45, 2.75) is 32.4 Å². The Morgan fingerprint density at radius 2 is 1.87 bits per heavy atom. The number of hydrogen-bond donors (Lipinski definition) is 2. The van der Waals surface area contributed by atoms with E-state index in [2.05, 4.69) is 17.6 Å². The molecule has 0 saturated carbocycles. The highest BCUT2D eigenvalue weighted by atomic mass is 16.5. The molecule has 0 bridgehead atoms. The minimum Gasteiger partial charge on any atom is -0.493 e. The zero-order valence-electron chi connectivity index (χ0n) is 14.3. The number of ether oxygens (including phenoxy) is 3. The number of methoxy groups -OCH3 is 3. The van der Waals surface area contributed by atoms with Crippen LogP contribution >= 0.6 is 0 Å². The van der Waals surface area contributed by atoms with E-state index in [4.69, 9.17) is 14.2 Å². The number of carbonyl (C=O) groups is 1. The number of hydrogen-bond acceptors (Lipinski definition) is 5. The standard InChI is InChI=1S/C17H26N2O4/c1-11-7-13(5-6-18-11)17(20)19-10-12-8-14(21-2)16(23-4)15(9-12)22-3/h8-9,11,13,18H,5-7,10H2,1-4H3,(H,19,20)/t11-,13-/m0/s1. The van der Waals surface area contributed by atoms with Crippen molar-refractivity contribution in [3.05, 3.63) is 17.7 Å². The minimum absolute atomic E-state index is 0.0771. The number of rotatable bonds is 6. The predicted octanol–water partition coefficient (Wildman–Crippen LogP) is 1.72. The van der Waals surface area contributed by atoms with Crippen molar-refractivity contribution >= 4 is 5.91 Å². The average Bonchev–Trinajstić information content (AvgIpc) is 2.58. The normalized spacial score (nSPS) is 20.7.